The number of thiocarbonyl (C=S) groups is 1. The summed E-state index contributed by atoms with van der Waals surface area (Å²) >= 11 is 12.5. The van der Waals surface area contributed by atoms with E-state index in [1.165, 1.54) is 37.7 Å². The van der Waals surface area contributed by atoms with Crippen LogP contribution < -0.4 is 15.0 Å². The number of nitrogens with one attached hydrogen (secondary N) is 1. The summed E-state index contributed by atoms with van der Waals surface area (Å²) < 4.78 is 13.2. The predicted molar refractivity (Wildman–Crippen MR) is 143 cm³/mol. The number of hydrogen-bond acceptors (Lipinski definition) is 4. The predicted octanol–water partition coefficient (Wildman–Crippen LogP) is 6.24. The van der Waals surface area contributed by atoms with Crippen molar-refractivity contribution in [1.82, 2.24) is 14.9 Å². The average molecular weight is 511 g/mol. The van der Waals surface area contributed by atoms with Crippen LogP contribution in [0.15, 0.2) is 61.1 Å². The van der Waals surface area contributed by atoms with Gasteiger partial charge in [-0.3, -0.25) is 4.98 Å². The topological polar surface area (TPSA) is 51.6 Å². The summed E-state index contributed by atoms with van der Waals surface area (Å²) in [6, 6.07) is 14.5. The molecule has 0 unspecified atom stereocenters. The number of benzene rings is 1. The highest BCUT2D eigenvalue weighted by molar-refractivity contribution is 7.80. The van der Waals surface area contributed by atoms with E-state index in [1.54, 1.807) is 7.11 Å². The second kappa shape index (κ2) is 11.0. The van der Waals surface area contributed by atoms with Gasteiger partial charge < -0.3 is 24.3 Å². The molecule has 1 aromatic carbocycles. The van der Waals surface area contributed by atoms with E-state index in [1.807, 2.05) is 36.5 Å². The highest BCUT2D eigenvalue weighted by Gasteiger charge is 2.41. The molecule has 3 heterocycles. The minimum absolute atomic E-state index is 0.0569. The molecule has 8 heteroatoms. The van der Waals surface area contributed by atoms with E-state index in [9.17, 15) is 0 Å². The molecule has 1 aliphatic heterocycles. The molecule has 5 rings (SSSR count). The smallest absolute Gasteiger partial charge is 0.174 e. The average Bonchev–Trinajstić information content (AvgIpc) is 3.51. The van der Waals surface area contributed by atoms with Gasteiger partial charge in [-0.05, 0) is 67.0 Å². The molecule has 0 spiro atoms. The van der Waals surface area contributed by atoms with E-state index in [0.717, 1.165) is 11.4 Å². The van der Waals surface area contributed by atoms with Gasteiger partial charge in [0.1, 0.15) is 12.4 Å². The van der Waals surface area contributed by atoms with Gasteiger partial charge in [0.15, 0.2) is 5.11 Å². The van der Waals surface area contributed by atoms with Gasteiger partial charge in [-0.2, -0.15) is 0 Å². The van der Waals surface area contributed by atoms with Crippen LogP contribution in [0.2, 0.25) is 5.02 Å². The Bertz CT molecular complexity index is 1150. The second-order valence-electron chi connectivity index (χ2n) is 9.14. The number of methoxy groups -OCH3 is 1. The number of pyridine rings is 1. The van der Waals surface area contributed by atoms with Gasteiger partial charge in [0.2, 0.25) is 0 Å². The van der Waals surface area contributed by atoms with E-state index in [4.69, 9.17) is 33.3 Å². The van der Waals surface area contributed by atoms with Crippen molar-refractivity contribution in [3.63, 3.8) is 0 Å². The minimum Gasteiger partial charge on any atom is -0.490 e. The van der Waals surface area contributed by atoms with E-state index in [0.29, 0.717) is 35.1 Å². The quantitative estimate of drug-likeness (QED) is 0.286. The lowest BCUT2D eigenvalue weighted by Gasteiger charge is -2.28. The summed E-state index contributed by atoms with van der Waals surface area (Å²) in [5, 5.41) is 4.72. The van der Waals surface area contributed by atoms with Crippen molar-refractivity contribution in [3.8, 4) is 5.75 Å². The van der Waals surface area contributed by atoms with Crippen molar-refractivity contribution in [3.05, 3.63) is 77.3 Å². The molecule has 2 aromatic heterocycles. The Morgan fingerprint density at radius 1 is 1.11 bits per heavy atom. The van der Waals surface area contributed by atoms with Crippen LogP contribution in [0.3, 0.4) is 0 Å². The molecular formula is C27H31ClN4O2S. The molecule has 0 radical (unpaired) electrons. The first kappa shape index (κ1) is 24.1. The van der Waals surface area contributed by atoms with Gasteiger partial charge >= 0.3 is 0 Å². The van der Waals surface area contributed by atoms with Gasteiger partial charge in [0.25, 0.3) is 0 Å². The molecule has 6 nitrogen and oxygen atoms in total. The third kappa shape index (κ3) is 5.17. The Hall–Kier alpha value is -2.61. The number of anilines is 1. The molecule has 35 heavy (non-hydrogen) atoms. The molecule has 184 valence electrons. The van der Waals surface area contributed by atoms with Crippen molar-refractivity contribution in [2.45, 2.75) is 50.2 Å². The Balaban J connectivity index is 1.49. The SMILES string of the molecule is COCCOc1ccc(N2C(=S)N[C@@H](c3ccccn3)[C@@H]2c2ccn(C3CCCCC3)c2)cc1Cl. The maximum absolute atomic E-state index is 6.61. The zero-order valence-electron chi connectivity index (χ0n) is 19.9. The Labute approximate surface area is 217 Å². The molecule has 0 bridgehead atoms. The van der Waals surface area contributed by atoms with Crippen LogP contribution in [0.25, 0.3) is 0 Å². The van der Waals surface area contributed by atoms with Gasteiger partial charge in [-0.25, -0.2) is 0 Å². The third-order valence-electron chi connectivity index (χ3n) is 6.91. The summed E-state index contributed by atoms with van der Waals surface area (Å²) in [6.07, 6.45) is 12.8. The summed E-state index contributed by atoms with van der Waals surface area (Å²) in [7, 11) is 1.65. The maximum Gasteiger partial charge on any atom is 0.174 e. The van der Waals surface area contributed by atoms with Crippen molar-refractivity contribution in [2.24, 2.45) is 0 Å². The fourth-order valence-electron chi connectivity index (χ4n) is 5.18. The minimum atomic E-state index is -0.0812. The van der Waals surface area contributed by atoms with Crippen LogP contribution in [-0.2, 0) is 4.74 Å². The van der Waals surface area contributed by atoms with Crippen molar-refractivity contribution in [2.75, 3.05) is 25.2 Å². The molecule has 1 aliphatic carbocycles. The number of hydrogen-bond donors (Lipinski definition) is 1. The van der Waals surface area contributed by atoms with Gasteiger partial charge in [0, 0.05) is 37.4 Å². The number of rotatable bonds is 8. The standard InChI is InChI=1S/C27H31ClN4O2S/c1-33-15-16-34-24-11-10-21(17-22(24)28)32-26(25(30-27(32)35)23-9-5-6-13-29-23)19-12-14-31(18-19)20-7-3-2-4-8-20/h5-6,9-14,17-18,20,25-26H,2-4,7-8,15-16H2,1H3,(H,30,35)/t25-,26-/m0/s1. The van der Waals surface area contributed by atoms with Crippen LogP contribution in [0, 0.1) is 0 Å². The Kier molecular flexibility index (Phi) is 7.56. The fourth-order valence-corrected chi connectivity index (χ4v) is 5.75. The normalized spacial score (nSPS) is 20.7. The lowest BCUT2D eigenvalue weighted by Crippen LogP contribution is -2.29. The van der Waals surface area contributed by atoms with E-state index in [2.05, 4.69) is 44.3 Å². The molecule has 1 N–H and O–H groups in total. The third-order valence-corrected chi connectivity index (χ3v) is 7.52. The van der Waals surface area contributed by atoms with E-state index >= 15 is 0 Å². The summed E-state index contributed by atoms with van der Waals surface area (Å²) in [5.74, 6) is 0.631. The summed E-state index contributed by atoms with van der Waals surface area (Å²) in [5.41, 5.74) is 3.08. The zero-order valence-corrected chi connectivity index (χ0v) is 21.5. The molecule has 3 aromatic rings. The molecule has 2 fully saturated rings. The van der Waals surface area contributed by atoms with Crippen molar-refractivity contribution < 1.29 is 9.47 Å². The monoisotopic (exact) mass is 510 g/mol. The Morgan fingerprint density at radius 2 is 1.97 bits per heavy atom. The lowest BCUT2D eigenvalue weighted by atomic mass is 9.95. The molecular weight excluding hydrogens is 480 g/mol. The first-order valence-corrected chi connectivity index (χ1v) is 13.0. The number of ether oxygens (including phenoxy) is 2. The number of halogens is 1. The zero-order chi connectivity index (χ0) is 24.2. The van der Waals surface area contributed by atoms with Crippen LogP contribution in [0.4, 0.5) is 5.69 Å². The summed E-state index contributed by atoms with van der Waals surface area (Å²) in [6.45, 7) is 0.947. The molecule has 1 saturated carbocycles. The van der Waals surface area contributed by atoms with Crippen LogP contribution >= 0.6 is 23.8 Å². The highest BCUT2D eigenvalue weighted by Crippen LogP contribution is 2.43. The highest BCUT2D eigenvalue weighted by atomic mass is 35.5. The van der Waals surface area contributed by atoms with Gasteiger partial charge in [-0.15, -0.1) is 0 Å². The molecule has 1 saturated heterocycles. The van der Waals surface area contributed by atoms with Gasteiger partial charge in [0.05, 0.1) is 29.4 Å². The van der Waals surface area contributed by atoms with E-state index in [-0.39, 0.29) is 12.1 Å². The summed E-state index contributed by atoms with van der Waals surface area (Å²) in [4.78, 5) is 6.81. The largest absolute Gasteiger partial charge is 0.490 e. The second-order valence-corrected chi connectivity index (χ2v) is 9.93. The lowest BCUT2D eigenvalue weighted by molar-refractivity contribution is 0.146. The van der Waals surface area contributed by atoms with Crippen molar-refractivity contribution in [1.29, 1.82) is 0 Å². The number of nitrogens with zero attached hydrogens (tertiary/aromatic N) is 3. The molecule has 2 aliphatic rings. The van der Waals surface area contributed by atoms with E-state index < -0.39 is 0 Å². The Morgan fingerprint density at radius 3 is 2.71 bits per heavy atom. The fraction of sp³-hybridized carbons (Fsp3) is 0.407. The first-order chi connectivity index (χ1) is 17.2. The van der Waals surface area contributed by atoms with Crippen LogP contribution in [0.5, 0.6) is 5.75 Å². The van der Waals surface area contributed by atoms with Crippen LogP contribution in [-0.4, -0.2) is 35.0 Å². The molecule has 2 atom stereocenters. The number of aromatic nitrogens is 2. The van der Waals surface area contributed by atoms with Gasteiger partial charge in [-0.1, -0.05) is 36.9 Å². The van der Waals surface area contributed by atoms with Crippen LogP contribution in [0.1, 0.15) is 61.5 Å². The maximum atomic E-state index is 6.61. The van der Waals surface area contributed by atoms with Crippen molar-refractivity contribution >= 4 is 34.6 Å². The molecule has 0 amide bonds. The first-order valence-electron chi connectivity index (χ1n) is 12.2.